The molecule has 1 N–H and O–H groups in total. The molecular weight excluding hydrogens is 453 g/mol. The van der Waals surface area contributed by atoms with E-state index in [2.05, 4.69) is 20.6 Å². The van der Waals surface area contributed by atoms with E-state index in [-0.39, 0.29) is 23.0 Å². The van der Waals surface area contributed by atoms with Crippen molar-refractivity contribution in [2.24, 2.45) is 0 Å². The number of hydrogen-bond acceptors (Lipinski definition) is 6. The molecule has 3 aromatic heterocycles. The largest absolute Gasteiger partial charge is 0.350 e. The number of anilines is 1. The predicted molar refractivity (Wildman–Crippen MR) is 113 cm³/mol. The van der Waals surface area contributed by atoms with Crippen molar-refractivity contribution in [2.75, 3.05) is 5.32 Å². The van der Waals surface area contributed by atoms with Crippen LogP contribution in [0.3, 0.4) is 0 Å². The van der Waals surface area contributed by atoms with Gasteiger partial charge in [0, 0.05) is 17.8 Å². The van der Waals surface area contributed by atoms with Crippen molar-refractivity contribution in [3.05, 3.63) is 88.7 Å². The van der Waals surface area contributed by atoms with Crippen LogP contribution < -0.4 is 11.0 Å². The molecule has 0 atom stereocenters. The van der Waals surface area contributed by atoms with Gasteiger partial charge in [0.1, 0.15) is 24.0 Å². The Morgan fingerprint density at radius 3 is 2.68 bits per heavy atom. The zero-order chi connectivity index (χ0) is 23.8. The number of fused-ring (bicyclic) bond motifs is 1. The third-order valence-corrected chi connectivity index (χ3v) is 4.84. The number of carbonyl (C=O) groups excluding carboxylic acids is 1. The van der Waals surface area contributed by atoms with Crippen LogP contribution in [0.2, 0.25) is 0 Å². The third-order valence-electron chi connectivity index (χ3n) is 4.84. The molecule has 9 nitrogen and oxygen atoms in total. The number of carbonyl (C=O) groups is 1. The van der Waals surface area contributed by atoms with E-state index in [1.165, 1.54) is 24.4 Å². The fraction of sp³-hybridized carbons (Fsp3) is 0.0455. The van der Waals surface area contributed by atoms with Crippen LogP contribution in [-0.4, -0.2) is 30.2 Å². The molecule has 12 heteroatoms. The summed E-state index contributed by atoms with van der Waals surface area (Å²) in [7, 11) is 0. The van der Waals surface area contributed by atoms with E-state index in [0.29, 0.717) is 11.1 Å². The van der Waals surface area contributed by atoms with E-state index in [1.54, 1.807) is 18.2 Å². The first-order chi connectivity index (χ1) is 16.4. The van der Waals surface area contributed by atoms with Gasteiger partial charge in [0.25, 0.3) is 5.89 Å². The van der Waals surface area contributed by atoms with Gasteiger partial charge < -0.3 is 9.84 Å². The average Bonchev–Trinajstić information content (AvgIpc) is 3.42. The second kappa shape index (κ2) is 8.31. The Balaban J connectivity index is 1.46. The fourth-order valence-electron chi connectivity index (χ4n) is 3.30. The molecule has 0 radical (unpaired) electrons. The van der Waals surface area contributed by atoms with Gasteiger partial charge >= 0.3 is 5.69 Å². The Morgan fingerprint density at radius 1 is 1.03 bits per heavy atom. The molecule has 0 aliphatic heterocycles. The first-order valence-electron chi connectivity index (χ1n) is 9.82. The maximum Gasteiger partial charge on any atom is 0.350 e. The van der Waals surface area contributed by atoms with E-state index in [4.69, 9.17) is 4.52 Å². The molecule has 5 rings (SSSR count). The average molecular weight is 466 g/mol. The van der Waals surface area contributed by atoms with Crippen LogP contribution in [-0.2, 0) is 11.3 Å². The topological polar surface area (TPSA) is 107 Å². The Kier molecular flexibility index (Phi) is 5.17. The van der Waals surface area contributed by atoms with Gasteiger partial charge in [-0.2, -0.15) is 4.98 Å². The van der Waals surface area contributed by atoms with Crippen LogP contribution in [0.15, 0.2) is 70.1 Å². The molecule has 1 amide bonds. The Labute approximate surface area is 188 Å². The third kappa shape index (κ3) is 3.92. The van der Waals surface area contributed by atoms with Crippen LogP contribution in [0.25, 0.3) is 28.5 Å². The highest BCUT2D eigenvalue weighted by Crippen LogP contribution is 2.25. The number of pyridine rings is 1. The fourth-order valence-corrected chi connectivity index (χ4v) is 3.30. The van der Waals surface area contributed by atoms with E-state index >= 15 is 0 Å². The standard InChI is InChI=1S/C22H13F3N6O3/c23-13-4-1-3-12(9-13)19-27-21(34-29-19)15-5-2-8-30-20(15)28-31(22(30)33)11-18(32)26-17-10-14(24)6-7-16(17)25/h1-10H,11H2,(H,26,32). The highest BCUT2D eigenvalue weighted by molar-refractivity contribution is 5.90. The van der Waals surface area contributed by atoms with Gasteiger partial charge in [0.15, 0.2) is 5.65 Å². The lowest BCUT2D eigenvalue weighted by Gasteiger charge is -2.05. The normalized spacial score (nSPS) is 11.1. The highest BCUT2D eigenvalue weighted by Gasteiger charge is 2.19. The molecule has 2 aromatic carbocycles. The van der Waals surface area contributed by atoms with Crippen LogP contribution in [0, 0.1) is 17.5 Å². The Morgan fingerprint density at radius 2 is 1.85 bits per heavy atom. The zero-order valence-electron chi connectivity index (χ0n) is 17.1. The molecule has 34 heavy (non-hydrogen) atoms. The lowest BCUT2D eigenvalue weighted by atomic mass is 10.2. The van der Waals surface area contributed by atoms with E-state index in [9.17, 15) is 22.8 Å². The number of nitrogens with one attached hydrogen (secondary N) is 1. The van der Waals surface area contributed by atoms with Crippen molar-refractivity contribution >= 4 is 17.2 Å². The predicted octanol–water partition coefficient (Wildman–Crippen LogP) is 3.27. The zero-order valence-corrected chi connectivity index (χ0v) is 17.1. The van der Waals surface area contributed by atoms with Gasteiger partial charge in [0.2, 0.25) is 11.7 Å². The van der Waals surface area contributed by atoms with Crippen molar-refractivity contribution in [3.63, 3.8) is 0 Å². The summed E-state index contributed by atoms with van der Waals surface area (Å²) in [6.45, 7) is -0.561. The van der Waals surface area contributed by atoms with Crippen LogP contribution in [0.5, 0.6) is 0 Å². The van der Waals surface area contributed by atoms with Crippen molar-refractivity contribution in [1.82, 2.24) is 24.3 Å². The number of rotatable bonds is 5. The van der Waals surface area contributed by atoms with Gasteiger partial charge in [0.05, 0.1) is 11.3 Å². The minimum absolute atomic E-state index is 0.0216. The number of amides is 1. The van der Waals surface area contributed by atoms with Crippen LogP contribution >= 0.6 is 0 Å². The number of halogens is 3. The van der Waals surface area contributed by atoms with E-state index in [0.717, 1.165) is 27.3 Å². The van der Waals surface area contributed by atoms with E-state index in [1.807, 2.05) is 0 Å². The summed E-state index contributed by atoms with van der Waals surface area (Å²) < 4.78 is 47.9. The van der Waals surface area contributed by atoms with Gasteiger partial charge in [-0.3, -0.25) is 4.79 Å². The SMILES string of the molecule is O=C(Cn1nc2c(-c3nc(-c4cccc(F)c4)no3)cccn2c1=O)Nc1cc(F)ccc1F. The second-order valence-corrected chi connectivity index (χ2v) is 7.16. The molecular formula is C22H13F3N6O3. The van der Waals surface area contributed by atoms with Gasteiger partial charge in [-0.1, -0.05) is 17.3 Å². The van der Waals surface area contributed by atoms with Crippen molar-refractivity contribution in [1.29, 1.82) is 0 Å². The molecule has 0 aliphatic carbocycles. The molecule has 0 saturated carbocycles. The minimum Gasteiger partial charge on any atom is -0.333 e. The number of aromatic nitrogens is 5. The maximum absolute atomic E-state index is 13.8. The summed E-state index contributed by atoms with van der Waals surface area (Å²) in [5.41, 5.74) is -0.210. The Bertz CT molecular complexity index is 1610. The highest BCUT2D eigenvalue weighted by atomic mass is 19.1. The smallest absolute Gasteiger partial charge is 0.333 e. The van der Waals surface area contributed by atoms with Crippen molar-refractivity contribution < 1.29 is 22.5 Å². The molecule has 0 fully saturated rings. The molecule has 0 aliphatic rings. The van der Waals surface area contributed by atoms with Crippen LogP contribution in [0.1, 0.15) is 0 Å². The summed E-state index contributed by atoms with van der Waals surface area (Å²) in [5.74, 6) is -2.66. The molecule has 0 bridgehead atoms. The monoisotopic (exact) mass is 466 g/mol. The molecule has 0 saturated heterocycles. The van der Waals surface area contributed by atoms with Gasteiger partial charge in [-0.15, -0.1) is 5.10 Å². The summed E-state index contributed by atoms with van der Waals surface area (Å²) in [4.78, 5) is 29.3. The number of hydrogen-bond donors (Lipinski definition) is 1. The summed E-state index contributed by atoms with van der Waals surface area (Å²) in [5, 5.41) is 10.2. The maximum atomic E-state index is 13.8. The van der Waals surface area contributed by atoms with Gasteiger partial charge in [-0.25, -0.2) is 27.0 Å². The van der Waals surface area contributed by atoms with Crippen molar-refractivity contribution in [3.8, 4) is 22.8 Å². The minimum atomic E-state index is -0.829. The van der Waals surface area contributed by atoms with Crippen molar-refractivity contribution in [2.45, 2.75) is 6.54 Å². The summed E-state index contributed by atoms with van der Waals surface area (Å²) in [6, 6.07) is 11.4. The summed E-state index contributed by atoms with van der Waals surface area (Å²) in [6.07, 6.45) is 1.43. The van der Waals surface area contributed by atoms with E-state index < -0.39 is 35.6 Å². The molecule has 3 heterocycles. The second-order valence-electron chi connectivity index (χ2n) is 7.16. The first kappa shape index (κ1) is 21.1. The molecule has 5 aromatic rings. The Hall–Kier alpha value is -4.74. The quantitative estimate of drug-likeness (QED) is 0.426. The lowest BCUT2D eigenvalue weighted by molar-refractivity contribution is -0.117. The molecule has 0 unspecified atom stereocenters. The summed E-state index contributed by atoms with van der Waals surface area (Å²) >= 11 is 0. The lowest BCUT2D eigenvalue weighted by Crippen LogP contribution is -2.28. The number of benzene rings is 2. The van der Waals surface area contributed by atoms with Crippen LogP contribution in [0.4, 0.5) is 18.9 Å². The van der Waals surface area contributed by atoms with Gasteiger partial charge in [-0.05, 0) is 36.4 Å². The molecule has 170 valence electrons. The first-order valence-corrected chi connectivity index (χ1v) is 9.82. The molecule has 0 spiro atoms. The number of nitrogens with zero attached hydrogens (tertiary/aromatic N) is 5.